The summed E-state index contributed by atoms with van der Waals surface area (Å²) in [4.78, 5) is 21.7. The fourth-order valence-corrected chi connectivity index (χ4v) is 5.10. The highest BCUT2D eigenvalue weighted by atomic mass is 32.1. The summed E-state index contributed by atoms with van der Waals surface area (Å²) in [6.07, 6.45) is 1.13. The number of benzene rings is 1. The Bertz CT molecular complexity index is 979. The molecule has 2 aromatic heterocycles. The molecule has 1 aromatic carbocycles. The number of thiazole rings is 1. The molecule has 0 aliphatic carbocycles. The zero-order valence-corrected chi connectivity index (χ0v) is 18.8. The molecule has 30 heavy (non-hydrogen) atoms. The molecule has 3 aromatic rings. The molecular weight excluding hydrogens is 418 g/mol. The maximum absolute atomic E-state index is 12.7. The van der Waals surface area contributed by atoms with Gasteiger partial charge in [-0.15, -0.1) is 11.3 Å². The van der Waals surface area contributed by atoms with Crippen molar-refractivity contribution in [3.8, 4) is 22.8 Å². The number of nitrogens with zero attached hydrogens (tertiary/aromatic N) is 3. The molecule has 0 saturated carbocycles. The van der Waals surface area contributed by atoms with Crippen LogP contribution in [0, 0.1) is 0 Å². The number of aryl methyl sites for hydroxylation is 1. The van der Waals surface area contributed by atoms with Crippen LogP contribution in [-0.4, -0.2) is 56.2 Å². The van der Waals surface area contributed by atoms with E-state index >= 15 is 0 Å². The third kappa shape index (κ3) is 4.60. The molecule has 1 amide bonds. The lowest BCUT2D eigenvalue weighted by atomic mass is 10.1. The van der Waals surface area contributed by atoms with Gasteiger partial charge in [0.15, 0.2) is 5.13 Å². The molecule has 0 bridgehead atoms. The first-order valence-electron chi connectivity index (χ1n) is 9.89. The summed E-state index contributed by atoms with van der Waals surface area (Å²) < 4.78 is 10.7. The molecule has 0 N–H and O–H groups in total. The van der Waals surface area contributed by atoms with Gasteiger partial charge in [0.2, 0.25) is 5.91 Å². The number of rotatable bonds is 7. The van der Waals surface area contributed by atoms with Gasteiger partial charge in [0, 0.05) is 55.0 Å². The van der Waals surface area contributed by atoms with Crippen molar-refractivity contribution in [1.82, 2.24) is 9.88 Å². The zero-order chi connectivity index (χ0) is 20.9. The first-order valence-corrected chi connectivity index (χ1v) is 11.7. The second kappa shape index (κ2) is 9.49. The summed E-state index contributed by atoms with van der Waals surface area (Å²) in [5, 5.41) is 7.33. The van der Waals surface area contributed by atoms with E-state index in [0.29, 0.717) is 12.8 Å². The Kier molecular flexibility index (Phi) is 6.54. The fraction of sp³-hybridized carbons (Fsp3) is 0.364. The molecule has 3 heterocycles. The van der Waals surface area contributed by atoms with Crippen LogP contribution in [0.15, 0.2) is 40.4 Å². The number of carbonyl (C=O) groups excluding carboxylic acids is 1. The van der Waals surface area contributed by atoms with E-state index in [1.807, 2.05) is 23.1 Å². The second-order valence-corrected chi connectivity index (χ2v) is 8.69. The maximum Gasteiger partial charge on any atom is 0.223 e. The molecule has 0 atom stereocenters. The number of hydrogen-bond acceptors (Lipinski definition) is 7. The lowest BCUT2D eigenvalue weighted by molar-refractivity contribution is -0.131. The summed E-state index contributed by atoms with van der Waals surface area (Å²) in [6.45, 7) is 3.08. The van der Waals surface area contributed by atoms with Crippen LogP contribution in [0.4, 0.5) is 5.13 Å². The molecule has 0 unspecified atom stereocenters. The van der Waals surface area contributed by atoms with Crippen LogP contribution in [0.2, 0.25) is 0 Å². The van der Waals surface area contributed by atoms with Gasteiger partial charge in [-0.2, -0.15) is 11.3 Å². The van der Waals surface area contributed by atoms with Crippen molar-refractivity contribution in [1.29, 1.82) is 0 Å². The summed E-state index contributed by atoms with van der Waals surface area (Å²) in [5.74, 6) is 1.70. The van der Waals surface area contributed by atoms with Crippen LogP contribution >= 0.6 is 22.7 Å². The average molecular weight is 444 g/mol. The Morgan fingerprint density at radius 1 is 1.10 bits per heavy atom. The van der Waals surface area contributed by atoms with Gasteiger partial charge < -0.3 is 19.3 Å². The first kappa shape index (κ1) is 20.7. The normalized spacial score (nSPS) is 14.1. The zero-order valence-electron chi connectivity index (χ0n) is 17.2. The predicted molar refractivity (Wildman–Crippen MR) is 122 cm³/mol. The van der Waals surface area contributed by atoms with Crippen LogP contribution in [0.3, 0.4) is 0 Å². The highest BCUT2D eigenvalue weighted by Crippen LogP contribution is 2.29. The minimum absolute atomic E-state index is 0.186. The number of carbonyl (C=O) groups is 1. The van der Waals surface area contributed by atoms with Crippen LogP contribution in [0.5, 0.6) is 11.5 Å². The number of ether oxygens (including phenoxy) is 2. The van der Waals surface area contributed by atoms with Gasteiger partial charge in [0.05, 0.1) is 19.9 Å². The molecule has 1 fully saturated rings. The Morgan fingerprint density at radius 3 is 2.63 bits per heavy atom. The topological polar surface area (TPSA) is 54.9 Å². The minimum Gasteiger partial charge on any atom is -0.497 e. The standard InChI is InChI=1S/C22H25N3O3S2/c1-27-18-5-3-16(20(13-18)28-2)4-6-21(26)24-8-10-25(11-9-24)22-23-19(15-30-22)17-7-12-29-14-17/h3,5,7,12-15H,4,6,8-11H2,1-2H3. The van der Waals surface area contributed by atoms with Crippen LogP contribution in [0.25, 0.3) is 11.3 Å². The minimum atomic E-state index is 0.186. The van der Waals surface area contributed by atoms with E-state index in [-0.39, 0.29) is 5.91 Å². The van der Waals surface area contributed by atoms with Crippen molar-refractivity contribution in [2.45, 2.75) is 12.8 Å². The Hall–Kier alpha value is -2.58. The number of thiophene rings is 1. The molecular formula is C22H25N3O3S2. The van der Waals surface area contributed by atoms with Crippen LogP contribution < -0.4 is 14.4 Å². The quantitative estimate of drug-likeness (QED) is 0.549. The van der Waals surface area contributed by atoms with Crippen LogP contribution in [0.1, 0.15) is 12.0 Å². The van der Waals surface area contributed by atoms with E-state index in [4.69, 9.17) is 14.5 Å². The summed E-state index contributed by atoms with van der Waals surface area (Å²) in [6, 6.07) is 7.82. The summed E-state index contributed by atoms with van der Waals surface area (Å²) >= 11 is 3.35. The van der Waals surface area contributed by atoms with Crippen molar-refractivity contribution in [2.24, 2.45) is 0 Å². The van der Waals surface area contributed by atoms with Crippen molar-refractivity contribution in [2.75, 3.05) is 45.3 Å². The monoisotopic (exact) mass is 443 g/mol. The van der Waals surface area contributed by atoms with Gasteiger partial charge in [-0.05, 0) is 29.5 Å². The number of methoxy groups -OCH3 is 2. The second-order valence-electron chi connectivity index (χ2n) is 7.07. The van der Waals surface area contributed by atoms with Crippen LogP contribution in [-0.2, 0) is 11.2 Å². The van der Waals surface area contributed by atoms with Gasteiger partial charge >= 0.3 is 0 Å². The predicted octanol–water partition coefficient (Wildman–Crippen LogP) is 4.17. The number of anilines is 1. The van der Waals surface area contributed by atoms with Crippen molar-refractivity contribution in [3.05, 3.63) is 46.0 Å². The van der Waals surface area contributed by atoms with Gasteiger partial charge in [0.1, 0.15) is 11.5 Å². The summed E-state index contributed by atoms with van der Waals surface area (Å²) in [5.41, 5.74) is 3.22. The number of hydrogen-bond donors (Lipinski definition) is 0. The first-order chi connectivity index (χ1) is 14.7. The highest BCUT2D eigenvalue weighted by Gasteiger charge is 2.23. The van der Waals surface area contributed by atoms with Crippen molar-refractivity contribution < 1.29 is 14.3 Å². The maximum atomic E-state index is 12.7. The van der Waals surface area contributed by atoms with Gasteiger partial charge in [-0.1, -0.05) is 6.07 Å². The van der Waals surface area contributed by atoms with E-state index in [1.165, 1.54) is 5.56 Å². The molecule has 4 rings (SSSR count). The molecule has 1 aliphatic heterocycles. The third-order valence-electron chi connectivity index (χ3n) is 5.31. The Balaban J connectivity index is 1.29. The third-order valence-corrected chi connectivity index (χ3v) is 6.90. The van der Waals surface area contributed by atoms with Gasteiger partial charge in [0.25, 0.3) is 0 Å². The van der Waals surface area contributed by atoms with E-state index in [9.17, 15) is 4.79 Å². The number of aromatic nitrogens is 1. The molecule has 0 radical (unpaired) electrons. The summed E-state index contributed by atoms with van der Waals surface area (Å²) in [7, 11) is 3.27. The lowest BCUT2D eigenvalue weighted by Gasteiger charge is -2.34. The molecule has 8 heteroatoms. The molecule has 0 spiro atoms. The lowest BCUT2D eigenvalue weighted by Crippen LogP contribution is -2.48. The van der Waals surface area contributed by atoms with E-state index in [2.05, 4.69) is 27.1 Å². The smallest absolute Gasteiger partial charge is 0.223 e. The van der Waals surface area contributed by atoms with Crippen molar-refractivity contribution >= 4 is 33.7 Å². The Morgan fingerprint density at radius 2 is 1.93 bits per heavy atom. The molecule has 6 nitrogen and oxygen atoms in total. The Labute approximate surface area is 184 Å². The van der Waals surface area contributed by atoms with Gasteiger partial charge in [-0.3, -0.25) is 4.79 Å². The van der Waals surface area contributed by atoms with Crippen molar-refractivity contribution in [3.63, 3.8) is 0 Å². The molecule has 158 valence electrons. The van der Waals surface area contributed by atoms with E-state index in [1.54, 1.807) is 36.9 Å². The fourth-order valence-electron chi connectivity index (χ4n) is 3.56. The highest BCUT2D eigenvalue weighted by molar-refractivity contribution is 7.14. The number of piperazine rings is 1. The SMILES string of the molecule is COc1ccc(CCC(=O)N2CCN(c3nc(-c4ccsc4)cs3)CC2)c(OC)c1. The van der Waals surface area contributed by atoms with E-state index in [0.717, 1.165) is 54.1 Å². The van der Waals surface area contributed by atoms with E-state index < -0.39 is 0 Å². The van der Waals surface area contributed by atoms with Gasteiger partial charge in [-0.25, -0.2) is 4.98 Å². The number of amides is 1. The molecule has 1 aliphatic rings. The largest absolute Gasteiger partial charge is 0.497 e. The molecule has 1 saturated heterocycles. The average Bonchev–Trinajstić information content (AvgIpc) is 3.49.